The minimum absolute atomic E-state index is 0.0156. The molecule has 4 rings (SSSR count). The van der Waals surface area contributed by atoms with Crippen molar-refractivity contribution in [2.24, 2.45) is 0 Å². The van der Waals surface area contributed by atoms with Crippen LogP contribution in [0.2, 0.25) is 0 Å². The highest BCUT2D eigenvalue weighted by molar-refractivity contribution is 8.76. The van der Waals surface area contributed by atoms with E-state index in [0.717, 1.165) is 32.7 Å². The van der Waals surface area contributed by atoms with Crippen molar-refractivity contribution in [1.82, 2.24) is 20.1 Å². The van der Waals surface area contributed by atoms with E-state index in [1.54, 1.807) is 36.4 Å². The lowest BCUT2D eigenvalue weighted by Crippen LogP contribution is -2.49. The van der Waals surface area contributed by atoms with Gasteiger partial charge in [0.25, 0.3) is 0 Å². The lowest BCUT2D eigenvalue weighted by atomic mass is 10.1. The molecular weight excluding hydrogens is 689 g/mol. The quantitative estimate of drug-likeness (QED) is 0.0843. The van der Waals surface area contributed by atoms with E-state index in [9.17, 15) is 26.4 Å². The summed E-state index contributed by atoms with van der Waals surface area (Å²) in [6.45, 7) is 0.605. The number of hydrogen-bond acceptors (Lipinski definition) is 8. The van der Waals surface area contributed by atoms with Crippen molar-refractivity contribution in [2.45, 2.75) is 34.7 Å². The molecule has 4 aromatic rings. The average Bonchev–Trinajstić information content (AvgIpc) is 3.10. The molecule has 0 radical (unpaired) electrons. The molecule has 2 amide bonds. The standard InChI is InChI=1S/C34H38N4O6S4/c39-33(35-23-21-27-13-5-1-6-14-27)31(37-47(41,42)29-17-9-3-10-18-29)25-45-46-26-32(38-48(43,44)30-19-11-4-12-20-30)34(40)36-24-22-28-15-7-2-8-16-28/h1-20,31-32,37-38H,21-26H2,(H,35,39)(H,36,40). The van der Waals surface area contributed by atoms with Crippen LogP contribution in [0.3, 0.4) is 0 Å². The molecule has 254 valence electrons. The van der Waals surface area contributed by atoms with Crippen molar-refractivity contribution in [3.8, 4) is 0 Å². The highest BCUT2D eigenvalue weighted by atomic mass is 33.1. The zero-order valence-corrected chi connectivity index (χ0v) is 29.3. The fourth-order valence-corrected chi connectivity index (χ4v) is 9.44. The van der Waals surface area contributed by atoms with Gasteiger partial charge in [0, 0.05) is 24.6 Å². The Bertz CT molecular complexity index is 1660. The Kier molecular flexibility index (Phi) is 14.5. The molecule has 0 saturated heterocycles. The fourth-order valence-electron chi connectivity index (χ4n) is 4.46. The van der Waals surface area contributed by atoms with Crippen LogP contribution in [-0.2, 0) is 42.5 Å². The summed E-state index contributed by atoms with van der Waals surface area (Å²) < 4.78 is 57.5. The smallest absolute Gasteiger partial charge is 0.241 e. The van der Waals surface area contributed by atoms with E-state index in [1.165, 1.54) is 24.3 Å². The van der Waals surface area contributed by atoms with Crippen molar-refractivity contribution in [3.63, 3.8) is 0 Å². The van der Waals surface area contributed by atoms with Crippen LogP contribution in [0.5, 0.6) is 0 Å². The van der Waals surface area contributed by atoms with Gasteiger partial charge in [-0.2, -0.15) is 9.44 Å². The third-order valence-corrected chi connectivity index (χ3v) is 12.4. The molecule has 0 bridgehead atoms. The molecule has 0 heterocycles. The largest absolute Gasteiger partial charge is 0.354 e. The molecule has 0 fully saturated rings. The van der Waals surface area contributed by atoms with E-state index < -0.39 is 43.9 Å². The SMILES string of the molecule is O=C(NCCc1ccccc1)C(CSSCC(NS(=O)(=O)c1ccccc1)C(=O)NCCc1ccccc1)NS(=O)(=O)c1ccccc1. The zero-order valence-electron chi connectivity index (χ0n) is 26.0. The summed E-state index contributed by atoms with van der Waals surface area (Å²) in [4.78, 5) is 26.5. The zero-order chi connectivity index (χ0) is 34.2. The number of nitrogens with one attached hydrogen (secondary N) is 4. The summed E-state index contributed by atoms with van der Waals surface area (Å²) in [5.41, 5.74) is 2.05. The summed E-state index contributed by atoms with van der Waals surface area (Å²) in [6.07, 6.45) is 1.13. The van der Waals surface area contributed by atoms with Crippen molar-refractivity contribution in [3.05, 3.63) is 132 Å². The number of rotatable bonds is 19. The molecule has 0 aliphatic rings. The van der Waals surface area contributed by atoms with Gasteiger partial charge in [-0.1, -0.05) is 119 Å². The van der Waals surface area contributed by atoms with Crippen molar-refractivity contribution in [1.29, 1.82) is 0 Å². The first-order chi connectivity index (χ1) is 23.1. The first kappa shape index (κ1) is 37.2. The monoisotopic (exact) mass is 726 g/mol. The maximum atomic E-state index is 13.2. The second-order valence-electron chi connectivity index (χ2n) is 10.6. The van der Waals surface area contributed by atoms with Gasteiger partial charge >= 0.3 is 0 Å². The van der Waals surface area contributed by atoms with Crippen LogP contribution in [0, 0.1) is 0 Å². The van der Waals surface area contributed by atoms with Crippen LogP contribution in [-0.4, -0.2) is 65.3 Å². The van der Waals surface area contributed by atoms with Crippen LogP contribution >= 0.6 is 21.6 Å². The number of hydrogen-bond donors (Lipinski definition) is 4. The average molecular weight is 727 g/mol. The molecule has 2 atom stereocenters. The van der Waals surface area contributed by atoms with Crippen molar-refractivity contribution < 1.29 is 26.4 Å². The van der Waals surface area contributed by atoms with Gasteiger partial charge < -0.3 is 10.6 Å². The van der Waals surface area contributed by atoms with Gasteiger partial charge in [0.1, 0.15) is 12.1 Å². The van der Waals surface area contributed by atoms with E-state index in [1.807, 2.05) is 60.7 Å². The molecule has 4 N–H and O–H groups in total. The summed E-state index contributed by atoms with van der Waals surface area (Å²) >= 11 is 0. The second kappa shape index (κ2) is 18.8. The first-order valence-electron chi connectivity index (χ1n) is 15.2. The van der Waals surface area contributed by atoms with Gasteiger partial charge in [0.15, 0.2) is 0 Å². The normalized spacial score (nSPS) is 12.9. The van der Waals surface area contributed by atoms with Gasteiger partial charge in [-0.25, -0.2) is 16.8 Å². The van der Waals surface area contributed by atoms with E-state index in [4.69, 9.17) is 0 Å². The minimum Gasteiger partial charge on any atom is -0.354 e. The maximum Gasteiger partial charge on any atom is 0.241 e. The lowest BCUT2D eigenvalue weighted by Gasteiger charge is -2.20. The Balaban J connectivity index is 1.40. The number of carbonyl (C=O) groups excluding carboxylic acids is 2. The van der Waals surface area contributed by atoms with Crippen LogP contribution in [0.15, 0.2) is 131 Å². The highest BCUT2D eigenvalue weighted by Crippen LogP contribution is 2.24. The van der Waals surface area contributed by atoms with Gasteiger partial charge in [-0.3, -0.25) is 9.59 Å². The van der Waals surface area contributed by atoms with E-state index in [2.05, 4.69) is 20.1 Å². The molecule has 0 aliphatic carbocycles. The summed E-state index contributed by atoms with van der Waals surface area (Å²) in [6, 6.07) is 32.4. The number of amides is 2. The van der Waals surface area contributed by atoms with Crippen molar-refractivity contribution in [2.75, 3.05) is 24.6 Å². The van der Waals surface area contributed by atoms with E-state index in [-0.39, 0.29) is 21.3 Å². The predicted octanol–water partition coefficient (Wildman–Crippen LogP) is 3.78. The number of carbonyl (C=O) groups is 2. The minimum atomic E-state index is -4.03. The lowest BCUT2D eigenvalue weighted by molar-refractivity contribution is -0.122. The van der Waals surface area contributed by atoms with E-state index in [0.29, 0.717) is 25.9 Å². The molecule has 0 aromatic heterocycles. The molecular formula is C34H38N4O6S4. The maximum absolute atomic E-state index is 13.2. The predicted molar refractivity (Wildman–Crippen MR) is 192 cm³/mol. The van der Waals surface area contributed by atoms with Gasteiger partial charge in [-0.15, -0.1) is 0 Å². The van der Waals surface area contributed by atoms with Crippen molar-refractivity contribution >= 4 is 53.4 Å². The second-order valence-corrected chi connectivity index (χ2v) is 16.6. The Morgan fingerprint density at radius 2 is 0.812 bits per heavy atom. The molecule has 4 aromatic carbocycles. The van der Waals surface area contributed by atoms with E-state index >= 15 is 0 Å². The van der Waals surface area contributed by atoms with Crippen LogP contribution < -0.4 is 20.1 Å². The third-order valence-electron chi connectivity index (χ3n) is 7.00. The molecule has 0 spiro atoms. The number of benzene rings is 4. The van der Waals surface area contributed by atoms with Gasteiger partial charge in [-0.05, 0) is 48.2 Å². The van der Waals surface area contributed by atoms with Crippen LogP contribution in [0.25, 0.3) is 0 Å². The van der Waals surface area contributed by atoms with Gasteiger partial charge in [0.05, 0.1) is 9.79 Å². The Labute approximate surface area is 290 Å². The molecule has 10 nitrogen and oxygen atoms in total. The highest BCUT2D eigenvalue weighted by Gasteiger charge is 2.28. The molecule has 0 saturated carbocycles. The first-order valence-corrected chi connectivity index (χ1v) is 20.6. The summed E-state index contributed by atoms with van der Waals surface area (Å²) in [7, 11) is -5.74. The summed E-state index contributed by atoms with van der Waals surface area (Å²) in [5, 5.41) is 5.63. The Hall–Kier alpha value is -3.66. The summed E-state index contributed by atoms with van der Waals surface area (Å²) in [5.74, 6) is -0.972. The van der Waals surface area contributed by atoms with Crippen LogP contribution in [0.4, 0.5) is 0 Å². The molecule has 48 heavy (non-hydrogen) atoms. The Morgan fingerprint density at radius 1 is 0.500 bits per heavy atom. The third kappa shape index (κ3) is 12.1. The molecule has 0 aliphatic heterocycles. The molecule has 2 unspecified atom stereocenters. The topological polar surface area (TPSA) is 151 Å². The Morgan fingerprint density at radius 3 is 1.15 bits per heavy atom. The molecule has 14 heteroatoms. The number of sulfonamides is 2. The fraction of sp³-hybridized carbons (Fsp3) is 0.235. The van der Waals surface area contributed by atoms with Crippen LogP contribution in [0.1, 0.15) is 11.1 Å². The van der Waals surface area contributed by atoms with Gasteiger partial charge in [0.2, 0.25) is 31.9 Å².